The quantitative estimate of drug-likeness (QED) is 0.860. The molecule has 0 fully saturated rings. The fourth-order valence-electron chi connectivity index (χ4n) is 1.31. The zero-order chi connectivity index (χ0) is 12.1. The average molecular weight is 229 g/mol. The lowest BCUT2D eigenvalue weighted by molar-refractivity contribution is -0.125. The second kappa shape index (κ2) is 5.55. The number of rotatable bonds is 4. The Morgan fingerprint density at radius 3 is 2.38 bits per heavy atom. The molecule has 5 heteroatoms. The standard InChI is InChI=1S/C11H13F2NO2/c1-3-10(16-2)11(15)14-9-5-7(12)4-8(13)6-9/h4-6,10H,3H2,1-2H3,(H,14,15). The molecule has 0 saturated carbocycles. The van der Waals surface area contributed by atoms with Crippen molar-refractivity contribution in [1.82, 2.24) is 0 Å². The topological polar surface area (TPSA) is 38.3 Å². The molecule has 0 aliphatic heterocycles. The molecular weight excluding hydrogens is 216 g/mol. The normalized spacial score (nSPS) is 12.2. The molecule has 3 nitrogen and oxygen atoms in total. The maximum atomic E-state index is 12.8. The number of carbonyl (C=O) groups excluding carboxylic acids is 1. The maximum Gasteiger partial charge on any atom is 0.253 e. The van der Waals surface area contributed by atoms with Crippen molar-refractivity contribution in [2.45, 2.75) is 19.4 Å². The van der Waals surface area contributed by atoms with Crippen LogP contribution in [0.1, 0.15) is 13.3 Å². The summed E-state index contributed by atoms with van der Waals surface area (Å²) < 4.78 is 30.5. The summed E-state index contributed by atoms with van der Waals surface area (Å²) in [5.41, 5.74) is 0.0815. The van der Waals surface area contributed by atoms with Crippen LogP contribution in [0.3, 0.4) is 0 Å². The fourth-order valence-corrected chi connectivity index (χ4v) is 1.31. The van der Waals surface area contributed by atoms with Crippen molar-refractivity contribution in [2.24, 2.45) is 0 Å². The van der Waals surface area contributed by atoms with E-state index in [1.807, 2.05) is 0 Å². The van der Waals surface area contributed by atoms with Gasteiger partial charge in [-0.15, -0.1) is 0 Å². The third-order valence-corrected chi connectivity index (χ3v) is 2.08. The Labute approximate surface area is 92.4 Å². The van der Waals surface area contributed by atoms with Gasteiger partial charge in [0.1, 0.15) is 17.7 Å². The second-order valence-corrected chi connectivity index (χ2v) is 3.28. The van der Waals surface area contributed by atoms with Crippen LogP contribution in [0, 0.1) is 11.6 Å². The van der Waals surface area contributed by atoms with Gasteiger partial charge in [-0.25, -0.2) is 8.78 Å². The van der Waals surface area contributed by atoms with Crippen LogP contribution >= 0.6 is 0 Å². The van der Waals surface area contributed by atoms with Crippen molar-refractivity contribution < 1.29 is 18.3 Å². The lowest BCUT2D eigenvalue weighted by Crippen LogP contribution is -2.28. The molecule has 16 heavy (non-hydrogen) atoms. The van der Waals surface area contributed by atoms with Crippen molar-refractivity contribution in [3.05, 3.63) is 29.8 Å². The summed E-state index contributed by atoms with van der Waals surface area (Å²) in [6.45, 7) is 1.78. The molecule has 1 amide bonds. The van der Waals surface area contributed by atoms with Gasteiger partial charge < -0.3 is 10.1 Å². The Kier molecular flexibility index (Phi) is 4.37. The van der Waals surface area contributed by atoms with Gasteiger partial charge in [0.2, 0.25) is 0 Å². The van der Waals surface area contributed by atoms with Crippen LogP contribution in [0.15, 0.2) is 18.2 Å². The third-order valence-electron chi connectivity index (χ3n) is 2.08. The number of carbonyl (C=O) groups is 1. The smallest absolute Gasteiger partial charge is 0.253 e. The Balaban J connectivity index is 2.76. The van der Waals surface area contributed by atoms with Crippen LogP contribution in [0.25, 0.3) is 0 Å². The van der Waals surface area contributed by atoms with Crippen LogP contribution in [-0.2, 0) is 9.53 Å². The van der Waals surface area contributed by atoms with E-state index in [9.17, 15) is 13.6 Å². The molecule has 1 aromatic carbocycles. The molecule has 0 aliphatic carbocycles. The van der Waals surface area contributed by atoms with Gasteiger partial charge in [-0.1, -0.05) is 6.92 Å². The van der Waals surface area contributed by atoms with Crippen LogP contribution in [0.2, 0.25) is 0 Å². The summed E-state index contributed by atoms with van der Waals surface area (Å²) in [5, 5.41) is 2.38. The molecule has 88 valence electrons. The number of nitrogens with one attached hydrogen (secondary N) is 1. The maximum absolute atomic E-state index is 12.8. The van der Waals surface area contributed by atoms with Crippen molar-refractivity contribution in [2.75, 3.05) is 12.4 Å². The van der Waals surface area contributed by atoms with Gasteiger partial charge in [-0.05, 0) is 18.6 Å². The van der Waals surface area contributed by atoms with Gasteiger partial charge in [0.25, 0.3) is 5.91 Å². The van der Waals surface area contributed by atoms with E-state index in [0.29, 0.717) is 6.42 Å². The molecule has 0 aliphatic rings. The van der Waals surface area contributed by atoms with E-state index in [1.165, 1.54) is 7.11 Å². The summed E-state index contributed by atoms with van der Waals surface area (Å²) in [6, 6.07) is 2.83. The summed E-state index contributed by atoms with van der Waals surface area (Å²) in [5.74, 6) is -1.89. The second-order valence-electron chi connectivity index (χ2n) is 3.28. The Bertz CT molecular complexity index is 358. The van der Waals surface area contributed by atoms with Gasteiger partial charge >= 0.3 is 0 Å². The average Bonchev–Trinajstić information content (AvgIpc) is 2.17. The predicted molar refractivity (Wildman–Crippen MR) is 56.1 cm³/mol. The largest absolute Gasteiger partial charge is 0.372 e. The Morgan fingerprint density at radius 2 is 1.94 bits per heavy atom. The lowest BCUT2D eigenvalue weighted by Gasteiger charge is -2.13. The van der Waals surface area contributed by atoms with Gasteiger partial charge in [-0.2, -0.15) is 0 Å². The number of hydrogen-bond donors (Lipinski definition) is 1. The molecule has 0 heterocycles. The first-order chi connectivity index (χ1) is 7.56. The van der Waals surface area contributed by atoms with Crippen LogP contribution in [-0.4, -0.2) is 19.1 Å². The highest BCUT2D eigenvalue weighted by Gasteiger charge is 2.15. The van der Waals surface area contributed by atoms with Crippen molar-refractivity contribution >= 4 is 11.6 Å². The summed E-state index contributed by atoms with van der Waals surface area (Å²) >= 11 is 0. The van der Waals surface area contributed by atoms with Crippen molar-refractivity contribution in [3.63, 3.8) is 0 Å². The molecule has 1 aromatic rings. The molecule has 1 N–H and O–H groups in total. The van der Waals surface area contributed by atoms with Crippen molar-refractivity contribution in [3.8, 4) is 0 Å². The number of amides is 1. The van der Waals surface area contributed by atoms with E-state index in [4.69, 9.17) is 4.74 Å². The molecule has 1 atom stereocenters. The Morgan fingerprint density at radius 1 is 1.38 bits per heavy atom. The molecule has 0 saturated heterocycles. The predicted octanol–water partition coefficient (Wildman–Crippen LogP) is 2.33. The molecule has 0 bridgehead atoms. The molecule has 0 spiro atoms. The summed E-state index contributed by atoms with van der Waals surface area (Å²) in [4.78, 5) is 11.5. The summed E-state index contributed by atoms with van der Waals surface area (Å²) in [6.07, 6.45) is -0.133. The number of benzene rings is 1. The first-order valence-corrected chi connectivity index (χ1v) is 4.86. The third kappa shape index (κ3) is 3.27. The van der Waals surface area contributed by atoms with Crippen LogP contribution < -0.4 is 5.32 Å². The number of anilines is 1. The molecular formula is C11H13F2NO2. The monoisotopic (exact) mass is 229 g/mol. The molecule has 0 aromatic heterocycles. The van der Waals surface area contributed by atoms with Gasteiger partial charge in [0.05, 0.1) is 0 Å². The minimum Gasteiger partial charge on any atom is -0.372 e. The van der Waals surface area contributed by atoms with Crippen LogP contribution in [0.4, 0.5) is 14.5 Å². The van der Waals surface area contributed by atoms with E-state index < -0.39 is 23.6 Å². The Hall–Kier alpha value is -1.49. The lowest BCUT2D eigenvalue weighted by atomic mass is 10.2. The SMILES string of the molecule is CCC(OC)C(=O)Nc1cc(F)cc(F)c1. The van der Waals surface area contributed by atoms with E-state index in [0.717, 1.165) is 18.2 Å². The van der Waals surface area contributed by atoms with Crippen molar-refractivity contribution in [1.29, 1.82) is 0 Å². The zero-order valence-electron chi connectivity index (χ0n) is 9.09. The highest BCUT2D eigenvalue weighted by molar-refractivity contribution is 5.94. The molecule has 0 radical (unpaired) electrons. The van der Waals surface area contributed by atoms with E-state index in [-0.39, 0.29) is 5.69 Å². The highest BCUT2D eigenvalue weighted by atomic mass is 19.1. The van der Waals surface area contributed by atoms with Gasteiger partial charge in [-0.3, -0.25) is 4.79 Å². The van der Waals surface area contributed by atoms with E-state index in [2.05, 4.69) is 5.32 Å². The number of ether oxygens (including phenoxy) is 1. The molecule has 1 unspecified atom stereocenters. The minimum atomic E-state index is -0.735. The van der Waals surface area contributed by atoms with Gasteiger partial charge in [0.15, 0.2) is 0 Å². The zero-order valence-corrected chi connectivity index (χ0v) is 9.09. The first-order valence-electron chi connectivity index (χ1n) is 4.86. The van der Waals surface area contributed by atoms with E-state index >= 15 is 0 Å². The highest BCUT2D eigenvalue weighted by Crippen LogP contribution is 2.13. The number of halogens is 2. The number of methoxy groups -OCH3 is 1. The minimum absolute atomic E-state index is 0.0815. The molecule has 1 rings (SSSR count). The fraction of sp³-hybridized carbons (Fsp3) is 0.364. The van der Waals surface area contributed by atoms with Gasteiger partial charge in [0, 0.05) is 18.9 Å². The number of hydrogen-bond acceptors (Lipinski definition) is 2. The summed E-state index contributed by atoms with van der Waals surface area (Å²) in [7, 11) is 1.40. The van der Waals surface area contributed by atoms with Crippen LogP contribution in [0.5, 0.6) is 0 Å². The first kappa shape index (κ1) is 12.6. The van der Waals surface area contributed by atoms with E-state index in [1.54, 1.807) is 6.92 Å².